The van der Waals surface area contributed by atoms with E-state index in [4.69, 9.17) is 9.47 Å². The second-order valence-corrected chi connectivity index (χ2v) is 7.80. The number of nitrogens with one attached hydrogen (secondary N) is 2. The van der Waals surface area contributed by atoms with E-state index in [0.717, 1.165) is 4.47 Å². The average Bonchev–Trinajstić information content (AvgIpc) is 3.18. The standard InChI is InChI=1S/C17H18BrN5O4S/c1-8-12-16(27-4)19-11(7-26-3)20-17(12)28-13(8)15(25)22-21-14(24)10-5-9(18)6-23(10)2/h5-6H,7H2,1-4H3,(H,21,24)(H,22,25). The molecule has 0 atom stereocenters. The van der Waals surface area contributed by atoms with Crippen LogP contribution in [0.25, 0.3) is 10.2 Å². The van der Waals surface area contributed by atoms with Crippen molar-refractivity contribution in [2.75, 3.05) is 14.2 Å². The van der Waals surface area contributed by atoms with E-state index in [-0.39, 0.29) is 6.61 Å². The summed E-state index contributed by atoms with van der Waals surface area (Å²) in [6.07, 6.45) is 1.75. The second-order valence-electron chi connectivity index (χ2n) is 5.88. The highest BCUT2D eigenvalue weighted by atomic mass is 79.9. The minimum Gasteiger partial charge on any atom is -0.480 e. The monoisotopic (exact) mass is 467 g/mol. The zero-order valence-corrected chi connectivity index (χ0v) is 18.0. The first kappa shape index (κ1) is 20.2. The highest BCUT2D eigenvalue weighted by molar-refractivity contribution is 9.10. The molecule has 0 aromatic carbocycles. The van der Waals surface area contributed by atoms with Gasteiger partial charge in [-0.25, -0.2) is 4.98 Å². The minimum atomic E-state index is -0.447. The largest absolute Gasteiger partial charge is 0.480 e. The van der Waals surface area contributed by atoms with Gasteiger partial charge in [0.1, 0.15) is 17.1 Å². The van der Waals surface area contributed by atoms with Crippen molar-refractivity contribution >= 4 is 49.3 Å². The molecular weight excluding hydrogens is 450 g/mol. The Morgan fingerprint density at radius 2 is 1.96 bits per heavy atom. The number of hydrazine groups is 1. The molecule has 0 saturated heterocycles. The molecule has 0 aliphatic heterocycles. The molecule has 0 spiro atoms. The lowest BCUT2D eigenvalue weighted by atomic mass is 10.2. The van der Waals surface area contributed by atoms with Crippen LogP contribution in [0.5, 0.6) is 5.88 Å². The van der Waals surface area contributed by atoms with E-state index in [2.05, 4.69) is 36.7 Å². The van der Waals surface area contributed by atoms with Crippen LogP contribution < -0.4 is 15.6 Å². The zero-order valence-electron chi connectivity index (χ0n) is 15.6. The molecule has 0 unspecified atom stereocenters. The third-order valence-electron chi connectivity index (χ3n) is 3.97. The van der Waals surface area contributed by atoms with Crippen molar-refractivity contribution in [3.05, 3.63) is 38.7 Å². The number of hydrogen-bond acceptors (Lipinski definition) is 7. The number of aryl methyl sites for hydroxylation is 2. The predicted octanol–water partition coefficient (Wildman–Crippen LogP) is 2.33. The zero-order chi connectivity index (χ0) is 20.4. The number of ether oxygens (including phenoxy) is 2. The molecule has 3 heterocycles. The number of aromatic nitrogens is 3. The number of halogens is 1. The van der Waals surface area contributed by atoms with Gasteiger partial charge < -0.3 is 14.0 Å². The van der Waals surface area contributed by atoms with E-state index in [1.165, 1.54) is 18.4 Å². The topological polar surface area (TPSA) is 107 Å². The number of rotatable bonds is 5. The third-order valence-corrected chi connectivity index (χ3v) is 5.59. The Morgan fingerprint density at radius 3 is 2.57 bits per heavy atom. The Balaban J connectivity index is 1.84. The maximum atomic E-state index is 12.6. The summed E-state index contributed by atoms with van der Waals surface area (Å²) in [5.74, 6) is -0.0391. The van der Waals surface area contributed by atoms with Crippen LogP contribution in [0, 0.1) is 6.92 Å². The van der Waals surface area contributed by atoms with Gasteiger partial charge in [0.25, 0.3) is 11.8 Å². The summed E-state index contributed by atoms with van der Waals surface area (Å²) in [6.45, 7) is 2.01. The van der Waals surface area contributed by atoms with Crippen LogP contribution in [0.1, 0.15) is 31.5 Å². The van der Waals surface area contributed by atoms with Crippen molar-refractivity contribution in [1.29, 1.82) is 0 Å². The van der Waals surface area contributed by atoms with Crippen molar-refractivity contribution in [2.45, 2.75) is 13.5 Å². The number of thiophene rings is 1. The van der Waals surface area contributed by atoms with E-state index in [9.17, 15) is 9.59 Å². The number of nitrogens with zero attached hydrogens (tertiary/aromatic N) is 3. The van der Waals surface area contributed by atoms with Gasteiger partial charge in [-0.3, -0.25) is 20.4 Å². The van der Waals surface area contributed by atoms with Crippen molar-refractivity contribution in [3.63, 3.8) is 0 Å². The third kappa shape index (κ3) is 3.86. The van der Waals surface area contributed by atoms with E-state index < -0.39 is 11.8 Å². The van der Waals surface area contributed by atoms with Gasteiger partial charge in [0.05, 0.1) is 17.4 Å². The molecule has 0 radical (unpaired) electrons. The maximum Gasteiger partial charge on any atom is 0.286 e. The van der Waals surface area contributed by atoms with Crippen molar-refractivity contribution in [3.8, 4) is 5.88 Å². The number of hydrogen-bond donors (Lipinski definition) is 2. The molecule has 0 aliphatic carbocycles. The van der Waals surface area contributed by atoms with Crippen LogP contribution in [0.2, 0.25) is 0 Å². The summed E-state index contributed by atoms with van der Waals surface area (Å²) in [4.78, 5) is 34.6. The summed E-state index contributed by atoms with van der Waals surface area (Å²) < 4.78 is 12.8. The first-order chi connectivity index (χ1) is 13.3. The van der Waals surface area contributed by atoms with Crippen molar-refractivity contribution in [1.82, 2.24) is 25.4 Å². The first-order valence-electron chi connectivity index (χ1n) is 8.11. The molecule has 11 heteroatoms. The molecular formula is C17H18BrN5O4S. The predicted molar refractivity (Wildman–Crippen MR) is 107 cm³/mol. The fraction of sp³-hybridized carbons (Fsp3) is 0.294. The van der Waals surface area contributed by atoms with Gasteiger partial charge in [-0.15, -0.1) is 11.3 Å². The molecule has 3 aromatic heterocycles. The first-order valence-corrected chi connectivity index (χ1v) is 9.72. The number of fused-ring (bicyclic) bond motifs is 1. The molecule has 28 heavy (non-hydrogen) atoms. The molecule has 3 rings (SSSR count). The maximum absolute atomic E-state index is 12.6. The SMILES string of the molecule is COCc1nc(OC)c2c(C)c(C(=O)NNC(=O)c3cc(Br)cn3C)sc2n1. The molecule has 3 aromatic rings. The molecule has 2 N–H and O–H groups in total. The number of carbonyl (C=O) groups is 2. The fourth-order valence-electron chi connectivity index (χ4n) is 2.69. The molecule has 148 valence electrons. The summed E-state index contributed by atoms with van der Waals surface area (Å²) >= 11 is 4.50. The van der Waals surface area contributed by atoms with Gasteiger partial charge in [-0.1, -0.05) is 0 Å². The van der Waals surface area contributed by atoms with Crippen molar-refractivity contribution < 1.29 is 19.1 Å². The Labute approximate surface area is 173 Å². The number of methoxy groups -OCH3 is 2. The average molecular weight is 468 g/mol. The molecule has 0 bridgehead atoms. The van der Waals surface area contributed by atoms with Crippen LogP contribution in [0.4, 0.5) is 0 Å². The minimum absolute atomic E-state index is 0.229. The number of carbonyl (C=O) groups excluding carboxylic acids is 2. The van der Waals surface area contributed by atoms with Gasteiger partial charge >= 0.3 is 0 Å². The summed E-state index contributed by atoms with van der Waals surface area (Å²) in [6, 6.07) is 1.66. The van der Waals surface area contributed by atoms with Crippen LogP contribution in [-0.4, -0.2) is 40.6 Å². The van der Waals surface area contributed by atoms with Gasteiger partial charge in [0, 0.05) is 24.8 Å². The lowest BCUT2D eigenvalue weighted by Crippen LogP contribution is -2.42. The van der Waals surface area contributed by atoms with Crippen LogP contribution in [-0.2, 0) is 18.4 Å². The molecule has 9 nitrogen and oxygen atoms in total. The van der Waals surface area contributed by atoms with Gasteiger partial charge in [-0.05, 0) is 34.5 Å². The second kappa shape index (κ2) is 8.25. The van der Waals surface area contributed by atoms with E-state index in [1.807, 2.05) is 0 Å². The lowest BCUT2D eigenvalue weighted by Gasteiger charge is -2.07. The van der Waals surface area contributed by atoms with E-state index >= 15 is 0 Å². The fourth-order valence-corrected chi connectivity index (χ4v) is 4.30. The van der Waals surface area contributed by atoms with E-state index in [0.29, 0.717) is 38.1 Å². The van der Waals surface area contributed by atoms with Gasteiger partial charge in [0.2, 0.25) is 5.88 Å². The summed E-state index contributed by atoms with van der Waals surface area (Å²) in [7, 11) is 4.79. The van der Waals surface area contributed by atoms with Crippen LogP contribution in [0.15, 0.2) is 16.7 Å². The molecule has 0 aliphatic rings. The summed E-state index contributed by atoms with van der Waals surface area (Å²) in [5, 5.41) is 0.662. The quantitative estimate of drug-likeness (QED) is 0.557. The highest BCUT2D eigenvalue weighted by Gasteiger charge is 2.22. The Bertz CT molecular complexity index is 1060. The van der Waals surface area contributed by atoms with Crippen LogP contribution >= 0.6 is 27.3 Å². The Morgan fingerprint density at radius 1 is 1.25 bits per heavy atom. The molecule has 0 saturated carbocycles. The van der Waals surface area contributed by atoms with Gasteiger partial charge in [0.15, 0.2) is 5.82 Å². The smallest absolute Gasteiger partial charge is 0.286 e. The van der Waals surface area contributed by atoms with Gasteiger partial charge in [-0.2, -0.15) is 4.98 Å². The van der Waals surface area contributed by atoms with Crippen molar-refractivity contribution in [2.24, 2.45) is 7.05 Å². The van der Waals surface area contributed by atoms with Crippen LogP contribution in [0.3, 0.4) is 0 Å². The Hall–Kier alpha value is -2.50. The number of amides is 2. The normalized spacial score (nSPS) is 10.9. The molecule has 0 fully saturated rings. The van der Waals surface area contributed by atoms with E-state index in [1.54, 1.807) is 37.9 Å². The summed E-state index contributed by atoms with van der Waals surface area (Å²) in [5.41, 5.74) is 5.94. The lowest BCUT2D eigenvalue weighted by molar-refractivity contribution is 0.0844. The Kier molecular flexibility index (Phi) is 5.96. The highest BCUT2D eigenvalue weighted by Crippen LogP contribution is 2.34. The molecule has 2 amide bonds.